The van der Waals surface area contributed by atoms with E-state index in [0.717, 1.165) is 11.1 Å². The fourth-order valence-corrected chi connectivity index (χ4v) is 3.27. The van der Waals surface area contributed by atoms with Crippen molar-refractivity contribution in [2.75, 3.05) is 13.7 Å². The third kappa shape index (κ3) is 3.79. The van der Waals surface area contributed by atoms with Crippen LogP contribution in [0.4, 0.5) is 4.79 Å². The quantitative estimate of drug-likeness (QED) is 0.889. The molecule has 1 amide bonds. The lowest BCUT2D eigenvalue weighted by Crippen LogP contribution is -2.34. The fraction of sp³-hybridized carbons (Fsp3) is 0.300. The van der Waals surface area contributed by atoms with Crippen LogP contribution in [0.1, 0.15) is 23.6 Å². The van der Waals surface area contributed by atoms with Crippen LogP contribution in [-0.2, 0) is 16.1 Å². The predicted molar refractivity (Wildman–Crippen MR) is 94.8 cm³/mol. The lowest BCUT2D eigenvalue weighted by atomic mass is 9.94. The number of carboxylic acids is 1. The van der Waals surface area contributed by atoms with Crippen LogP contribution in [0.2, 0.25) is 0 Å². The Bertz CT molecular complexity index is 760. The molecule has 3 rings (SSSR count). The van der Waals surface area contributed by atoms with Crippen LogP contribution < -0.4 is 4.74 Å². The SMILES string of the molecule is COc1ccc([C@@H]2[C@H](C(=O)O)CCN2C(=O)OCc2ccccc2)cc1. The highest BCUT2D eigenvalue weighted by Gasteiger charge is 2.42. The maximum absolute atomic E-state index is 12.6. The maximum Gasteiger partial charge on any atom is 0.410 e. The number of methoxy groups -OCH3 is 1. The smallest absolute Gasteiger partial charge is 0.410 e. The van der Waals surface area contributed by atoms with Gasteiger partial charge in [-0.05, 0) is 29.7 Å². The van der Waals surface area contributed by atoms with Gasteiger partial charge in [0.25, 0.3) is 0 Å². The lowest BCUT2D eigenvalue weighted by molar-refractivity contribution is -0.142. The van der Waals surface area contributed by atoms with Gasteiger partial charge in [-0.2, -0.15) is 0 Å². The number of nitrogens with zero attached hydrogens (tertiary/aromatic N) is 1. The van der Waals surface area contributed by atoms with E-state index in [1.165, 1.54) is 4.90 Å². The van der Waals surface area contributed by atoms with Gasteiger partial charge < -0.3 is 19.5 Å². The summed E-state index contributed by atoms with van der Waals surface area (Å²) in [7, 11) is 1.57. The number of likely N-dealkylation sites (tertiary alicyclic amines) is 1. The molecule has 0 radical (unpaired) electrons. The van der Waals surface area contributed by atoms with E-state index in [2.05, 4.69) is 0 Å². The summed E-state index contributed by atoms with van der Waals surface area (Å²) < 4.78 is 10.6. The zero-order valence-corrected chi connectivity index (χ0v) is 14.5. The van der Waals surface area contributed by atoms with Crippen LogP contribution in [-0.4, -0.2) is 35.7 Å². The van der Waals surface area contributed by atoms with Gasteiger partial charge in [-0.1, -0.05) is 42.5 Å². The minimum Gasteiger partial charge on any atom is -0.497 e. The van der Waals surface area contributed by atoms with Gasteiger partial charge in [0.15, 0.2) is 0 Å². The van der Waals surface area contributed by atoms with E-state index >= 15 is 0 Å². The van der Waals surface area contributed by atoms with E-state index in [-0.39, 0.29) is 6.61 Å². The number of carbonyl (C=O) groups excluding carboxylic acids is 1. The minimum atomic E-state index is -0.913. The fourth-order valence-electron chi connectivity index (χ4n) is 3.27. The zero-order valence-electron chi connectivity index (χ0n) is 14.5. The predicted octanol–water partition coefficient (Wildman–Crippen LogP) is 3.48. The van der Waals surface area contributed by atoms with Crippen molar-refractivity contribution in [2.24, 2.45) is 5.92 Å². The first-order chi connectivity index (χ1) is 12.6. The van der Waals surface area contributed by atoms with Crippen LogP contribution in [0.15, 0.2) is 54.6 Å². The molecule has 2 aromatic carbocycles. The zero-order chi connectivity index (χ0) is 18.5. The Hall–Kier alpha value is -3.02. The molecule has 1 saturated heterocycles. The summed E-state index contributed by atoms with van der Waals surface area (Å²) in [5.41, 5.74) is 1.64. The normalized spacial score (nSPS) is 19.2. The Morgan fingerprint density at radius 3 is 2.42 bits per heavy atom. The van der Waals surface area contributed by atoms with E-state index in [1.54, 1.807) is 31.4 Å². The number of aliphatic carboxylic acids is 1. The average molecular weight is 355 g/mol. The topological polar surface area (TPSA) is 76.1 Å². The number of hydrogen-bond acceptors (Lipinski definition) is 4. The Labute approximate surface area is 152 Å². The van der Waals surface area contributed by atoms with Crippen molar-refractivity contribution in [3.8, 4) is 5.75 Å². The van der Waals surface area contributed by atoms with Crippen LogP contribution >= 0.6 is 0 Å². The molecule has 6 nitrogen and oxygen atoms in total. The molecule has 0 aliphatic carbocycles. The second-order valence-electron chi connectivity index (χ2n) is 6.18. The number of ether oxygens (including phenoxy) is 2. The largest absolute Gasteiger partial charge is 0.497 e. The van der Waals surface area contributed by atoms with Crippen LogP contribution in [0.25, 0.3) is 0 Å². The number of benzene rings is 2. The lowest BCUT2D eigenvalue weighted by Gasteiger charge is -2.26. The highest BCUT2D eigenvalue weighted by molar-refractivity contribution is 5.75. The molecule has 136 valence electrons. The summed E-state index contributed by atoms with van der Waals surface area (Å²) in [6.45, 7) is 0.504. The van der Waals surface area contributed by atoms with Gasteiger partial charge in [-0.25, -0.2) is 4.79 Å². The molecule has 1 fully saturated rings. The van der Waals surface area contributed by atoms with Gasteiger partial charge in [0.05, 0.1) is 19.1 Å². The molecule has 1 heterocycles. The molecule has 0 aromatic heterocycles. The Kier molecular flexibility index (Phi) is 5.41. The number of carboxylic acid groups (broad SMARTS) is 1. The molecule has 26 heavy (non-hydrogen) atoms. The Balaban J connectivity index is 1.77. The van der Waals surface area contributed by atoms with Gasteiger partial charge in [0, 0.05) is 6.54 Å². The number of hydrogen-bond donors (Lipinski definition) is 1. The molecule has 0 saturated carbocycles. The number of amides is 1. The summed E-state index contributed by atoms with van der Waals surface area (Å²) in [5.74, 6) is -0.895. The second kappa shape index (κ2) is 7.91. The Morgan fingerprint density at radius 2 is 1.81 bits per heavy atom. The molecular weight excluding hydrogens is 334 g/mol. The summed E-state index contributed by atoms with van der Waals surface area (Å²) in [6, 6.07) is 15.9. The average Bonchev–Trinajstić information content (AvgIpc) is 3.12. The van der Waals surface area contributed by atoms with Crippen molar-refractivity contribution in [2.45, 2.75) is 19.1 Å². The van der Waals surface area contributed by atoms with E-state index in [9.17, 15) is 14.7 Å². The molecule has 1 aliphatic rings. The van der Waals surface area contributed by atoms with Gasteiger partial charge >= 0.3 is 12.1 Å². The van der Waals surface area contributed by atoms with E-state index in [0.29, 0.717) is 18.7 Å². The standard InChI is InChI=1S/C20H21NO5/c1-25-16-9-7-15(8-10-16)18-17(19(22)23)11-12-21(18)20(24)26-13-14-5-3-2-4-6-14/h2-10,17-18H,11-13H2,1H3,(H,22,23)/t17-,18-/m1/s1. The highest BCUT2D eigenvalue weighted by Crippen LogP contribution is 2.38. The van der Waals surface area contributed by atoms with Gasteiger partial charge in [-0.15, -0.1) is 0 Å². The first-order valence-electron chi connectivity index (χ1n) is 8.44. The monoisotopic (exact) mass is 355 g/mol. The molecule has 1 N–H and O–H groups in total. The van der Waals surface area contributed by atoms with Gasteiger partial charge in [-0.3, -0.25) is 4.79 Å². The van der Waals surface area contributed by atoms with Gasteiger partial charge in [0.2, 0.25) is 0 Å². The van der Waals surface area contributed by atoms with Crippen molar-refractivity contribution in [3.05, 3.63) is 65.7 Å². The third-order valence-corrected chi connectivity index (χ3v) is 4.61. The minimum absolute atomic E-state index is 0.156. The molecule has 2 atom stereocenters. The first kappa shape index (κ1) is 17.8. The van der Waals surface area contributed by atoms with E-state index in [1.807, 2.05) is 30.3 Å². The van der Waals surface area contributed by atoms with E-state index in [4.69, 9.17) is 9.47 Å². The molecule has 0 spiro atoms. The third-order valence-electron chi connectivity index (χ3n) is 4.61. The highest BCUT2D eigenvalue weighted by atomic mass is 16.6. The van der Waals surface area contributed by atoms with Crippen molar-refractivity contribution in [1.82, 2.24) is 4.90 Å². The molecule has 6 heteroatoms. The summed E-state index contributed by atoms with van der Waals surface area (Å²) in [4.78, 5) is 25.7. The summed E-state index contributed by atoms with van der Waals surface area (Å²) in [6.07, 6.45) is -0.106. The molecular formula is C20H21NO5. The van der Waals surface area contributed by atoms with Crippen molar-refractivity contribution >= 4 is 12.1 Å². The number of rotatable bonds is 5. The van der Waals surface area contributed by atoms with Crippen molar-refractivity contribution < 1.29 is 24.2 Å². The van der Waals surface area contributed by atoms with Gasteiger partial charge in [0.1, 0.15) is 12.4 Å². The molecule has 2 aromatic rings. The summed E-state index contributed by atoms with van der Waals surface area (Å²) >= 11 is 0. The molecule has 0 bridgehead atoms. The first-order valence-corrected chi connectivity index (χ1v) is 8.44. The molecule has 0 unspecified atom stereocenters. The van der Waals surface area contributed by atoms with Crippen LogP contribution in [0.3, 0.4) is 0 Å². The van der Waals surface area contributed by atoms with Crippen molar-refractivity contribution in [3.63, 3.8) is 0 Å². The second-order valence-corrected chi connectivity index (χ2v) is 6.18. The van der Waals surface area contributed by atoms with Crippen LogP contribution in [0, 0.1) is 5.92 Å². The maximum atomic E-state index is 12.6. The van der Waals surface area contributed by atoms with E-state index < -0.39 is 24.0 Å². The van der Waals surface area contributed by atoms with Crippen LogP contribution in [0.5, 0.6) is 5.75 Å². The van der Waals surface area contributed by atoms with Crippen molar-refractivity contribution in [1.29, 1.82) is 0 Å². The Morgan fingerprint density at radius 1 is 1.12 bits per heavy atom. The number of carbonyl (C=O) groups is 2. The summed E-state index contributed by atoms with van der Waals surface area (Å²) in [5, 5.41) is 9.55. The molecule has 1 aliphatic heterocycles.